The van der Waals surface area contributed by atoms with Crippen LogP contribution in [0.15, 0.2) is 30.5 Å². The van der Waals surface area contributed by atoms with Crippen LogP contribution < -0.4 is 15.6 Å². The second-order valence-electron chi connectivity index (χ2n) is 6.00. The van der Waals surface area contributed by atoms with Gasteiger partial charge in [0.25, 0.3) is 11.8 Å². The van der Waals surface area contributed by atoms with Gasteiger partial charge in [0.1, 0.15) is 11.4 Å². The summed E-state index contributed by atoms with van der Waals surface area (Å²) in [7, 11) is 0. The number of aryl methyl sites for hydroxylation is 2. The van der Waals surface area contributed by atoms with E-state index < -0.39 is 29.8 Å². The first-order chi connectivity index (χ1) is 13.0. The van der Waals surface area contributed by atoms with Crippen LogP contribution in [0.5, 0.6) is 5.75 Å². The number of pyridine rings is 1. The van der Waals surface area contributed by atoms with Crippen LogP contribution in [0.4, 0.5) is 13.2 Å². The molecule has 2 aromatic rings. The maximum atomic E-state index is 12.5. The summed E-state index contributed by atoms with van der Waals surface area (Å²) in [6.07, 6.45) is -4.79. The van der Waals surface area contributed by atoms with Crippen molar-refractivity contribution in [1.29, 1.82) is 0 Å². The Morgan fingerprint density at radius 3 is 2.25 bits per heavy atom. The van der Waals surface area contributed by atoms with Crippen LogP contribution in [0.1, 0.15) is 34.1 Å². The summed E-state index contributed by atoms with van der Waals surface area (Å²) in [6, 6.07) is 5.01. The van der Waals surface area contributed by atoms with E-state index in [0.29, 0.717) is 16.8 Å². The molecule has 1 heterocycles. The molecule has 2 rings (SSSR count). The van der Waals surface area contributed by atoms with Crippen molar-refractivity contribution in [2.24, 2.45) is 0 Å². The molecule has 0 aliphatic rings. The molecule has 1 aromatic heterocycles. The summed E-state index contributed by atoms with van der Waals surface area (Å²) >= 11 is 5.95. The fourth-order valence-corrected chi connectivity index (χ4v) is 2.63. The van der Waals surface area contributed by atoms with Gasteiger partial charge in [-0.3, -0.25) is 25.4 Å². The van der Waals surface area contributed by atoms with E-state index in [0.717, 1.165) is 23.4 Å². The monoisotopic (exact) mass is 415 g/mol. The molecular weight excluding hydrogens is 399 g/mol. The fourth-order valence-electron chi connectivity index (χ4n) is 2.30. The van der Waals surface area contributed by atoms with Crippen LogP contribution in [0.3, 0.4) is 0 Å². The number of rotatable bonds is 4. The predicted molar refractivity (Wildman–Crippen MR) is 95.9 cm³/mol. The summed E-state index contributed by atoms with van der Waals surface area (Å²) in [5, 5.41) is 0.539. The highest BCUT2D eigenvalue weighted by Gasteiger charge is 2.32. The van der Waals surface area contributed by atoms with Crippen molar-refractivity contribution >= 4 is 23.4 Å². The smallest absolute Gasteiger partial charge is 0.433 e. The van der Waals surface area contributed by atoms with Gasteiger partial charge < -0.3 is 4.74 Å². The molecule has 0 saturated heterocycles. The van der Waals surface area contributed by atoms with Gasteiger partial charge in [0, 0.05) is 11.2 Å². The van der Waals surface area contributed by atoms with Gasteiger partial charge in [0.2, 0.25) is 0 Å². The minimum atomic E-state index is -4.60. The molecule has 6 nitrogen and oxygen atoms in total. The SMILES string of the molecule is Cc1cc(Cl)cc(C)c1OC(C)C(=O)NNC(=O)c1ccc(C(F)(F)F)nc1. The Labute approximate surface area is 164 Å². The van der Waals surface area contributed by atoms with E-state index in [-0.39, 0.29) is 5.56 Å². The number of ether oxygens (including phenoxy) is 1. The van der Waals surface area contributed by atoms with E-state index in [9.17, 15) is 22.8 Å². The number of carbonyl (C=O) groups is 2. The molecule has 0 aliphatic heterocycles. The molecule has 1 atom stereocenters. The van der Waals surface area contributed by atoms with Crippen molar-refractivity contribution in [3.05, 3.63) is 57.9 Å². The van der Waals surface area contributed by atoms with Crippen LogP contribution in [-0.2, 0) is 11.0 Å². The lowest BCUT2D eigenvalue weighted by Crippen LogP contribution is -2.47. The number of nitrogens with zero attached hydrogens (tertiary/aromatic N) is 1. The topological polar surface area (TPSA) is 80.3 Å². The third-order valence-electron chi connectivity index (χ3n) is 3.70. The van der Waals surface area contributed by atoms with Crippen LogP contribution in [0.25, 0.3) is 0 Å². The molecule has 2 N–H and O–H groups in total. The number of aromatic nitrogens is 1. The highest BCUT2D eigenvalue weighted by molar-refractivity contribution is 6.30. The molecule has 0 saturated carbocycles. The van der Waals surface area contributed by atoms with Crippen molar-refractivity contribution in [3.8, 4) is 5.75 Å². The van der Waals surface area contributed by atoms with E-state index in [1.807, 2.05) is 0 Å². The zero-order valence-corrected chi connectivity index (χ0v) is 15.9. The molecular formula is C18H17ClF3N3O3. The van der Waals surface area contributed by atoms with Crippen molar-refractivity contribution in [2.75, 3.05) is 0 Å². The first-order valence-corrected chi connectivity index (χ1v) is 8.43. The average Bonchev–Trinajstić information content (AvgIpc) is 2.61. The van der Waals surface area contributed by atoms with E-state index in [1.54, 1.807) is 26.0 Å². The lowest BCUT2D eigenvalue weighted by atomic mass is 10.1. The van der Waals surface area contributed by atoms with Gasteiger partial charge in [0.05, 0.1) is 5.56 Å². The molecule has 150 valence electrons. The summed E-state index contributed by atoms with van der Waals surface area (Å²) in [6.45, 7) is 5.03. The number of halogens is 4. The summed E-state index contributed by atoms with van der Waals surface area (Å²) < 4.78 is 43.1. The van der Waals surface area contributed by atoms with Crippen molar-refractivity contribution in [2.45, 2.75) is 33.1 Å². The molecule has 28 heavy (non-hydrogen) atoms. The Morgan fingerprint density at radius 1 is 1.14 bits per heavy atom. The van der Waals surface area contributed by atoms with Gasteiger partial charge in [-0.2, -0.15) is 13.2 Å². The molecule has 1 unspecified atom stereocenters. The number of hydrogen-bond donors (Lipinski definition) is 2. The molecule has 0 fully saturated rings. The Kier molecular flexibility index (Phi) is 6.50. The molecule has 0 aliphatic carbocycles. The largest absolute Gasteiger partial charge is 0.480 e. The zero-order valence-electron chi connectivity index (χ0n) is 15.1. The third kappa shape index (κ3) is 5.35. The normalized spacial score (nSPS) is 12.2. The number of hydrazine groups is 1. The maximum Gasteiger partial charge on any atom is 0.433 e. The van der Waals surface area contributed by atoms with E-state index in [2.05, 4.69) is 15.8 Å². The average molecular weight is 416 g/mol. The summed E-state index contributed by atoms with van der Waals surface area (Å²) in [5.41, 5.74) is 4.47. The quantitative estimate of drug-likeness (QED) is 0.748. The number of hydrogen-bond acceptors (Lipinski definition) is 4. The highest BCUT2D eigenvalue weighted by atomic mass is 35.5. The van der Waals surface area contributed by atoms with E-state index >= 15 is 0 Å². The fraction of sp³-hybridized carbons (Fsp3) is 0.278. The van der Waals surface area contributed by atoms with Gasteiger partial charge in [0.15, 0.2) is 6.10 Å². The first kappa shape index (κ1) is 21.5. The zero-order chi connectivity index (χ0) is 21.1. The first-order valence-electron chi connectivity index (χ1n) is 8.06. The number of amides is 2. The van der Waals surface area contributed by atoms with E-state index in [1.165, 1.54) is 6.92 Å². The van der Waals surface area contributed by atoms with Gasteiger partial charge >= 0.3 is 6.18 Å². The number of carbonyl (C=O) groups excluding carboxylic acids is 2. The number of benzene rings is 1. The van der Waals surface area contributed by atoms with Crippen molar-refractivity contribution < 1.29 is 27.5 Å². The lowest BCUT2D eigenvalue weighted by Gasteiger charge is -2.18. The van der Waals surface area contributed by atoms with Crippen LogP contribution in [0.2, 0.25) is 5.02 Å². The van der Waals surface area contributed by atoms with Crippen LogP contribution in [-0.4, -0.2) is 22.9 Å². The lowest BCUT2D eigenvalue weighted by molar-refractivity contribution is -0.141. The standard InChI is InChI=1S/C18H17ClF3N3O3/c1-9-6-13(19)7-10(2)15(9)28-11(3)16(26)24-25-17(27)12-4-5-14(23-8-12)18(20,21)22/h4-8,11H,1-3H3,(H,24,26)(H,25,27). The summed E-state index contributed by atoms with van der Waals surface area (Å²) in [4.78, 5) is 27.2. The molecule has 2 amide bonds. The van der Waals surface area contributed by atoms with Gasteiger partial charge in [-0.15, -0.1) is 0 Å². The minimum Gasteiger partial charge on any atom is -0.480 e. The summed E-state index contributed by atoms with van der Waals surface area (Å²) in [5.74, 6) is -0.979. The van der Waals surface area contributed by atoms with Crippen LogP contribution >= 0.6 is 11.6 Å². The Morgan fingerprint density at radius 2 is 1.75 bits per heavy atom. The van der Waals surface area contributed by atoms with E-state index in [4.69, 9.17) is 16.3 Å². The Balaban J connectivity index is 1.95. The molecule has 0 spiro atoms. The van der Waals surface area contributed by atoms with Gasteiger partial charge in [-0.05, 0) is 56.2 Å². The molecule has 0 bridgehead atoms. The predicted octanol–water partition coefficient (Wildman–Crippen LogP) is 3.60. The maximum absolute atomic E-state index is 12.5. The Bertz CT molecular complexity index is 863. The second-order valence-corrected chi connectivity index (χ2v) is 6.44. The number of nitrogens with one attached hydrogen (secondary N) is 2. The number of alkyl halides is 3. The highest BCUT2D eigenvalue weighted by Crippen LogP contribution is 2.28. The third-order valence-corrected chi connectivity index (χ3v) is 3.92. The molecule has 10 heteroatoms. The minimum absolute atomic E-state index is 0.147. The molecule has 0 radical (unpaired) electrons. The molecule has 1 aromatic carbocycles. The van der Waals surface area contributed by atoms with Gasteiger partial charge in [-0.25, -0.2) is 0 Å². The van der Waals surface area contributed by atoms with Gasteiger partial charge in [-0.1, -0.05) is 11.6 Å². The van der Waals surface area contributed by atoms with Crippen molar-refractivity contribution in [3.63, 3.8) is 0 Å². The van der Waals surface area contributed by atoms with Crippen molar-refractivity contribution in [1.82, 2.24) is 15.8 Å². The Hall–Kier alpha value is -2.81. The van der Waals surface area contributed by atoms with Crippen LogP contribution in [0, 0.1) is 13.8 Å². The second kappa shape index (κ2) is 8.47.